The Morgan fingerprint density at radius 2 is 1.81 bits per heavy atom. The lowest BCUT2D eigenvalue weighted by molar-refractivity contribution is 0.978. The second-order valence-electron chi connectivity index (χ2n) is 5.66. The largest absolute Gasteiger partial charge is 0.260 e. The van der Waals surface area contributed by atoms with E-state index in [1.807, 2.05) is 0 Å². The lowest BCUT2D eigenvalue weighted by Crippen LogP contribution is -1.99. The second-order valence-corrected chi connectivity index (χ2v) is 5.66. The maximum atomic E-state index is 4.74. The minimum Gasteiger partial charge on any atom is -0.260 e. The Morgan fingerprint density at radius 3 is 2.38 bits per heavy atom. The number of fused-ring (bicyclic) bond motifs is 1. The topological polar surface area (TPSA) is 12.9 Å². The monoisotopic (exact) mass is 281 g/mol. The lowest BCUT2D eigenvalue weighted by Gasteiger charge is -2.15. The highest BCUT2D eigenvalue weighted by molar-refractivity contribution is 5.96. The zero-order valence-corrected chi connectivity index (χ0v) is 14.1. The van der Waals surface area contributed by atoms with E-state index in [2.05, 4.69) is 59.0 Å². The van der Waals surface area contributed by atoms with Gasteiger partial charge in [-0.1, -0.05) is 45.9 Å². The van der Waals surface area contributed by atoms with Crippen LogP contribution in [0.3, 0.4) is 0 Å². The Kier molecular flexibility index (Phi) is 5.17. The SMILES string of the molecule is CC/C=C(\CC)c1cc(C)cc2c(CC)c(CC)ncc12. The summed E-state index contributed by atoms with van der Waals surface area (Å²) in [6.07, 6.45) is 8.65. The Balaban J connectivity index is 2.82. The Labute approximate surface area is 129 Å². The molecule has 1 nitrogen and oxygen atoms in total. The maximum absolute atomic E-state index is 4.74. The second kappa shape index (κ2) is 6.89. The van der Waals surface area contributed by atoms with Crippen molar-refractivity contribution in [1.82, 2.24) is 4.98 Å². The molecule has 0 aliphatic heterocycles. The van der Waals surface area contributed by atoms with Crippen molar-refractivity contribution in [3.05, 3.63) is 46.8 Å². The van der Waals surface area contributed by atoms with E-state index in [0.717, 1.165) is 25.7 Å². The first kappa shape index (κ1) is 15.8. The predicted octanol–water partition coefficient (Wildman–Crippen LogP) is 5.87. The number of aryl methyl sites for hydroxylation is 3. The molecular formula is C20H27N. The van der Waals surface area contributed by atoms with Gasteiger partial charge in [-0.2, -0.15) is 0 Å². The molecule has 1 heterocycles. The van der Waals surface area contributed by atoms with Gasteiger partial charge in [0.2, 0.25) is 0 Å². The van der Waals surface area contributed by atoms with E-state index >= 15 is 0 Å². The summed E-state index contributed by atoms with van der Waals surface area (Å²) in [6.45, 7) is 11.1. The number of allylic oxidation sites excluding steroid dienone is 2. The standard InChI is InChI=1S/C20H27N/c1-6-10-15(7-2)17-11-14(5)12-18-16(8-3)20(9-4)21-13-19(17)18/h10-13H,6-9H2,1-5H3/b15-10+. The van der Waals surface area contributed by atoms with Crippen LogP contribution in [-0.4, -0.2) is 4.98 Å². The van der Waals surface area contributed by atoms with E-state index in [-0.39, 0.29) is 0 Å². The van der Waals surface area contributed by atoms with E-state index < -0.39 is 0 Å². The van der Waals surface area contributed by atoms with Crippen LogP contribution in [0.2, 0.25) is 0 Å². The molecule has 0 spiro atoms. The highest BCUT2D eigenvalue weighted by atomic mass is 14.7. The highest BCUT2D eigenvalue weighted by Gasteiger charge is 2.12. The molecule has 0 unspecified atom stereocenters. The quantitative estimate of drug-likeness (QED) is 0.667. The summed E-state index contributed by atoms with van der Waals surface area (Å²) in [5, 5.41) is 2.71. The number of hydrogen-bond acceptors (Lipinski definition) is 1. The summed E-state index contributed by atoms with van der Waals surface area (Å²) < 4.78 is 0. The molecule has 0 saturated carbocycles. The van der Waals surface area contributed by atoms with Gasteiger partial charge in [0.15, 0.2) is 0 Å². The van der Waals surface area contributed by atoms with Crippen molar-refractivity contribution < 1.29 is 0 Å². The molecule has 1 aromatic carbocycles. The molecule has 0 N–H and O–H groups in total. The van der Waals surface area contributed by atoms with Crippen LogP contribution in [-0.2, 0) is 12.8 Å². The molecule has 0 saturated heterocycles. The highest BCUT2D eigenvalue weighted by Crippen LogP contribution is 2.31. The van der Waals surface area contributed by atoms with E-state index in [0.29, 0.717) is 0 Å². The predicted molar refractivity (Wildman–Crippen MR) is 93.8 cm³/mol. The lowest BCUT2D eigenvalue weighted by atomic mass is 9.91. The molecule has 2 aromatic rings. The minimum atomic E-state index is 1.01. The van der Waals surface area contributed by atoms with Crippen molar-refractivity contribution in [2.24, 2.45) is 0 Å². The molecule has 1 heteroatoms. The summed E-state index contributed by atoms with van der Waals surface area (Å²) >= 11 is 0. The first-order valence-corrected chi connectivity index (χ1v) is 8.26. The van der Waals surface area contributed by atoms with E-state index in [1.165, 1.54) is 38.7 Å². The first-order chi connectivity index (χ1) is 10.2. The van der Waals surface area contributed by atoms with E-state index in [4.69, 9.17) is 4.98 Å². The molecule has 0 radical (unpaired) electrons. The van der Waals surface area contributed by atoms with Gasteiger partial charge >= 0.3 is 0 Å². The van der Waals surface area contributed by atoms with Crippen molar-refractivity contribution in [3.63, 3.8) is 0 Å². The number of nitrogens with zero attached hydrogens (tertiary/aromatic N) is 1. The fourth-order valence-electron chi connectivity index (χ4n) is 3.22. The summed E-state index contributed by atoms with van der Waals surface area (Å²) in [5.41, 5.74) is 6.83. The van der Waals surface area contributed by atoms with Crippen molar-refractivity contribution in [3.8, 4) is 0 Å². The van der Waals surface area contributed by atoms with Crippen LogP contribution in [0.25, 0.3) is 16.3 Å². The number of benzene rings is 1. The van der Waals surface area contributed by atoms with Gasteiger partial charge in [0.05, 0.1) is 0 Å². The molecule has 1 aromatic heterocycles. The minimum absolute atomic E-state index is 1.01. The van der Waals surface area contributed by atoms with Crippen molar-refractivity contribution in [1.29, 1.82) is 0 Å². The van der Waals surface area contributed by atoms with Crippen LogP contribution in [0.5, 0.6) is 0 Å². The van der Waals surface area contributed by atoms with E-state index in [1.54, 1.807) is 0 Å². The molecule has 0 atom stereocenters. The molecule has 2 rings (SSSR count). The normalized spacial score (nSPS) is 12.1. The van der Waals surface area contributed by atoms with Crippen LogP contribution in [0.15, 0.2) is 24.4 Å². The number of rotatable bonds is 5. The summed E-state index contributed by atoms with van der Waals surface area (Å²) in [5.74, 6) is 0. The van der Waals surface area contributed by atoms with Crippen LogP contribution in [0, 0.1) is 6.92 Å². The van der Waals surface area contributed by atoms with Gasteiger partial charge in [-0.15, -0.1) is 0 Å². The van der Waals surface area contributed by atoms with Gasteiger partial charge in [0, 0.05) is 17.3 Å². The van der Waals surface area contributed by atoms with Gasteiger partial charge in [0.1, 0.15) is 0 Å². The fourth-order valence-corrected chi connectivity index (χ4v) is 3.22. The third kappa shape index (κ3) is 3.02. The Morgan fingerprint density at radius 1 is 1.05 bits per heavy atom. The number of hydrogen-bond donors (Lipinski definition) is 0. The van der Waals surface area contributed by atoms with Gasteiger partial charge in [-0.3, -0.25) is 4.98 Å². The average Bonchev–Trinajstić information content (AvgIpc) is 2.50. The van der Waals surface area contributed by atoms with Gasteiger partial charge in [-0.25, -0.2) is 0 Å². The molecule has 112 valence electrons. The smallest absolute Gasteiger partial charge is 0.0439 e. The van der Waals surface area contributed by atoms with Crippen LogP contribution in [0.1, 0.15) is 62.9 Å². The Bertz CT molecular complexity index is 665. The van der Waals surface area contributed by atoms with Crippen LogP contribution in [0.4, 0.5) is 0 Å². The van der Waals surface area contributed by atoms with Gasteiger partial charge in [0.25, 0.3) is 0 Å². The van der Waals surface area contributed by atoms with Crippen molar-refractivity contribution >= 4 is 16.3 Å². The molecule has 0 amide bonds. The molecular weight excluding hydrogens is 254 g/mol. The number of aromatic nitrogens is 1. The van der Waals surface area contributed by atoms with Gasteiger partial charge < -0.3 is 0 Å². The zero-order chi connectivity index (χ0) is 15.4. The first-order valence-electron chi connectivity index (χ1n) is 8.26. The fraction of sp³-hybridized carbons (Fsp3) is 0.450. The average molecular weight is 281 g/mol. The van der Waals surface area contributed by atoms with Crippen LogP contribution >= 0.6 is 0 Å². The van der Waals surface area contributed by atoms with Gasteiger partial charge in [-0.05, 0) is 60.3 Å². The number of pyridine rings is 1. The third-order valence-corrected chi connectivity index (χ3v) is 4.21. The molecule has 21 heavy (non-hydrogen) atoms. The van der Waals surface area contributed by atoms with Crippen LogP contribution < -0.4 is 0 Å². The molecule has 0 aliphatic rings. The Hall–Kier alpha value is -1.63. The summed E-state index contributed by atoms with van der Waals surface area (Å²) in [4.78, 5) is 4.74. The molecule has 0 aliphatic carbocycles. The molecule has 0 fully saturated rings. The maximum Gasteiger partial charge on any atom is 0.0439 e. The summed E-state index contributed by atoms with van der Waals surface area (Å²) in [6, 6.07) is 4.65. The third-order valence-electron chi connectivity index (χ3n) is 4.21. The van der Waals surface area contributed by atoms with Crippen molar-refractivity contribution in [2.45, 2.75) is 60.3 Å². The van der Waals surface area contributed by atoms with Crippen molar-refractivity contribution in [2.75, 3.05) is 0 Å². The van der Waals surface area contributed by atoms with E-state index in [9.17, 15) is 0 Å². The zero-order valence-electron chi connectivity index (χ0n) is 14.1. The molecule has 0 bridgehead atoms. The summed E-state index contributed by atoms with van der Waals surface area (Å²) in [7, 11) is 0.